The van der Waals surface area contributed by atoms with Crippen molar-refractivity contribution in [2.45, 2.75) is 31.5 Å². The van der Waals surface area contributed by atoms with Gasteiger partial charge < -0.3 is 14.0 Å². The van der Waals surface area contributed by atoms with Crippen molar-refractivity contribution in [1.29, 1.82) is 0 Å². The van der Waals surface area contributed by atoms with Crippen LogP contribution in [0.2, 0.25) is 0 Å². The molecule has 1 aromatic carbocycles. The van der Waals surface area contributed by atoms with Gasteiger partial charge in [-0.2, -0.15) is 0 Å². The fourth-order valence-corrected chi connectivity index (χ4v) is 4.59. The van der Waals surface area contributed by atoms with Crippen molar-refractivity contribution in [1.82, 2.24) is 19.4 Å². The zero-order valence-corrected chi connectivity index (χ0v) is 16.8. The largest absolute Gasteiger partial charge is 0.480 e. The minimum Gasteiger partial charge on any atom is -0.480 e. The van der Waals surface area contributed by atoms with Gasteiger partial charge in [-0.1, -0.05) is 18.2 Å². The summed E-state index contributed by atoms with van der Waals surface area (Å²) in [5.74, 6) is 0.942. The van der Waals surface area contributed by atoms with Crippen molar-refractivity contribution in [2.75, 3.05) is 26.8 Å². The van der Waals surface area contributed by atoms with Crippen molar-refractivity contribution in [3.05, 3.63) is 66.4 Å². The minimum absolute atomic E-state index is 0.334. The van der Waals surface area contributed by atoms with Crippen LogP contribution in [-0.2, 0) is 23.4 Å². The van der Waals surface area contributed by atoms with Crippen LogP contribution in [0.1, 0.15) is 24.1 Å². The first-order valence-corrected chi connectivity index (χ1v) is 10.2. The maximum Gasteiger partial charge on any atom is 0.153 e. The molecule has 0 atom stereocenters. The number of pyridine rings is 1. The normalized spacial score (nSPS) is 17.6. The molecule has 4 heterocycles. The molecule has 6 heteroatoms. The molecular weight excluding hydrogens is 364 g/mol. The van der Waals surface area contributed by atoms with Crippen molar-refractivity contribution >= 4 is 0 Å². The summed E-state index contributed by atoms with van der Waals surface area (Å²) in [7, 11) is 1.74. The van der Waals surface area contributed by atoms with Gasteiger partial charge in [-0.25, -0.2) is 4.98 Å². The van der Waals surface area contributed by atoms with Gasteiger partial charge in [-0.3, -0.25) is 9.88 Å². The summed E-state index contributed by atoms with van der Waals surface area (Å²) in [6.45, 7) is 4.33. The summed E-state index contributed by atoms with van der Waals surface area (Å²) in [5, 5.41) is 0. The van der Waals surface area contributed by atoms with Gasteiger partial charge in [0.2, 0.25) is 0 Å². The smallest absolute Gasteiger partial charge is 0.153 e. The highest BCUT2D eigenvalue weighted by molar-refractivity contribution is 5.72. The summed E-state index contributed by atoms with van der Waals surface area (Å²) in [6.07, 6.45) is 7.60. The molecule has 1 fully saturated rings. The molecule has 0 unspecified atom stereocenters. The van der Waals surface area contributed by atoms with E-state index in [0.29, 0.717) is 6.61 Å². The Morgan fingerprint density at radius 1 is 1.14 bits per heavy atom. The highest BCUT2D eigenvalue weighted by Gasteiger charge is 2.46. The second-order valence-electron chi connectivity index (χ2n) is 7.86. The number of hydrogen-bond donors (Lipinski definition) is 0. The molecule has 2 aliphatic rings. The number of methoxy groups -OCH3 is 1. The molecule has 0 saturated carbocycles. The number of piperidine rings is 1. The molecule has 0 amide bonds. The van der Waals surface area contributed by atoms with E-state index in [9.17, 15) is 0 Å². The van der Waals surface area contributed by atoms with E-state index in [4.69, 9.17) is 14.5 Å². The van der Waals surface area contributed by atoms with E-state index in [1.807, 2.05) is 30.9 Å². The van der Waals surface area contributed by atoms with E-state index in [-0.39, 0.29) is 5.60 Å². The lowest BCUT2D eigenvalue weighted by molar-refractivity contribution is -0.0136. The molecule has 1 saturated heterocycles. The van der Waals surface area contributed by atoms with Gasteiger partial charge in [0.25, 0.3) is 0 Å². The average Bonchev–Trinajstić information content (AvgIpc) is 3.20. The molecule has 2 aromatic heterocycles. The van der Waals surface area contributed by atoms with Crippen LogP contribution in [0.4, 0.5) is 0 Å². The summed E-state index contributed by atoms with van der Waals surface area (Å²) < 4.78 is 14.3. The second kappa shape index (κ2) is 7.61. The predicted molar refractivity (Wildman–Crippen MR) is 111 cm³/mol. The molecule has 0 radical (unpaired) electrons. The van der Waals surface area contributed by atoms with Crippen LogP contribution < -0.4 is 4.74 Å². The quantitative estimate of drug-likeness (QED) is 0.668. The van der Waals surface area contributed by atoms with Gasteiger partial charge in [0.1, 0.15) is 5.75 Å². The van der Waals surface area contributed by atoms with Crippen LogP contribution in [0.25, 0.3) is 11.3 Å². The highest BCUT2D eigenvalue weighted by atomic mass is 16.5. The van der Waals surface area contributed by atoms with Gasteiger partial charge >= 0.3 is 0 Å². The zero-order chi connectivity index (χ0) is 19.7. The third kappa shape index (κ3) is 3.32. The fourth-order valence-electron chi connectivity index (χ4n) is 4.59. The number of nitrogens with zero attached hydrogens (tertiary/aromatic N) is 4. The first-order valence-electron chi connectivity index (χ1n) is 10.2. The van der Waals surface area contributed by atoms with Crippen LogP contribution in [-0.4, -0.2) is 46.2 Å². The van der Waals surface area contributed by atoms with Crippen LogP contribution in [0.3, 0.4) is 0 Å². The Balaban J connectivity index is 1.44. The molecule has 6 nitrogen and oxygen atoms in total. The maximum atomic E-state index is 6.72. The lowest BCUT2D eigenvalue weighted by atomic mass is 9.83. The summed E-state index contributed by atoms with van der Waals surface area (Å²) in [6, 6.07) is 12.4. The van der Waals surface area contributed by atoms with Crippen LogP contribution in [0, 0.1) is 0 Å². The number of rotatable bonds is 5. The lowest BCUT2D eigenvalue weighted by Crippen LogP contribution is -2.48. The average molecular weight is 390 g/mol. The minimum atomic E-state index is -0.334. The van der Waals surface area contributed by atoms with Crippen molar-refractivity contribution in [2.24, 2.45) is 0 Å². The Labute approximate surface area is 171 Å². The number of para-hydroxylation sites is 1. The Morgan fingerprint density at radius 2 is 2.00 bits per heavy atom. The van der Waals surface area contributed by atoms with Crippen molar-refractivity contribution in [3.8, 4) is 17.0 Å². The van der Waals surface area contributed by atoms with Crippen LogP contribution in [0.15, 0.2) is 55.1 Å². The maximum absolute atomic E-state index is 6.72. The van der Waals surface area contributed by atoms with Crippen molar-refractivity contribution < 1.29 is 9.47 Å². The predicted octanol–water partition coefficient (Wildman–Crippen LogP) is 3.48. The number of aromatic nitrogens is 3. The molecule has 0 aliphatic carbocycles. The zero-order valence-electron chi connectivity index (χ0n) is 16.8. The van der Waals surface area contributed by atoms with Crippen LogP contribution >= 0.6 is 0 Å². The van der Waals surface area contributed by atoms with Gasteiger partial charge in [0.05, 0.1) is 24.3 Å². The van der Waals surface area contributed by atoms with E-state index in [1.54, 1.807) is 7.11 Å². The monoisotopic (exact) mass is 390 g/mol. The molecule has 0 bridgehead atoms. The lowest BCUT2D eigenvalue weighted by Gasteiger charge is -2.44. The number of fused-ring (bicyclic) bond motifs is 4. The van der Waals surface area contributed by atoms with Gasteiger partial charge in [0, 0.05) is 64.1 Å². The number of imidazole rings is 1. The molecular formula is C23H26N4O2. The third-order valence-corrected chi connectivity index (χ3v) is 6.05. The first kappa shape index (κ1) is 18.3. The Kier molecular flexibility index (Phi) is 4.81. The number of ether oxygens (including phenoxy) is 2. The Morgan fingerprint density at radius 3 is 2.79 bits per heavy atom. The molecule has 2 aliphatic heterocycles. The van der Waals surface area contributed by atoms with Crippen molar-refractivity contribution in [3.63, 3.8) is 0 Å². The Hall–Kier alpha value is -2.70. The third-order valence-electron chi connectivity index (χ3n) is 6.05. The topological polar surface area (TPSA) is 52.4 Å². The standard InChI is InChI=1S/C23H26N4O2/c1-28-14-13-27-17-25-21-19-6-2-3-7-20(19)29-23(22(21)27)8-11-26(12-9-23)16-18-5-4-10-24-15-18/h2-7,10,15,17H,8-9,11-14,16H2,1H3. The number of benzene rings is 1. The van der Waals surface area contributed by atoms with E-state index < -0.39 is 0 Å². The van der Waals surface area contributed by atoms with Gasteiger partial charge in [-0.15, -0.1) is 0 Å². The number of hydrogen-bond acceptors (Lipinski definition) is 5. The van der Waals surface area contributed by atoms with E-state index >= 15 is 0 Å². The molecule has 3 aromatic rings. The van der Waals surface area contributed by atoms with E-state index in [1.165, 1.54) is 11.3 Å². The fraction of sp³-hybridized carbons (Fsp3) is 0.391. The molecule has 1 spiro atoms. The van der Waals surface area contributed by atoms with E-state index in [0.717, 1.165) is 56.0 Å². The van der Waals surface area contributed by atoms with E-state index in [2.05, 4.69) is 38.7 Å². The van der Waals surface area contributed by atoms with Crippen LogP contribution in [0.5, 0.6) is 5.75 Å². The Bertz CT molecular complexity index is 978. The summed E-state index contributed by atoms with van der Waals surface area (Å²) >= 11 is 0. The second-order valence-corrected chi connectivity index (χ2v) is 7.86. The first-order chi connectivity index (χ1) is 14.3. The molecule has 150 valence electrons. The SMILES string of the molecule is COCCn1cnc2c1C1(CCN(Cc3cccnc3)CC1)Oc1ccccc1-2. The molecule has 5 rings (SSSR count). The van der Waals surface area contributed by atoms with Gasteiger partial charge in [-0.05, 0) is 23.8 Å². The molecule has 0 N–H and O–H groups in total. The molecule has 29 heavy (non-hydrogen) atoms. The summed E-state index contributed by atoms with van der Waals surface area (Å²) in [4.78, 5) is 11.5. The number of likely N-dealkylation sites (tertiary alicyclic amines) is 1. The summed E-state index contributed by atoms with van der Waals surface area (Å²) in [5.41, 5.74) is 4.27. The van der Waals surface area contributed by atoms with Gasteiger partial charge in [0.15, 0.2) is 5.60 Å². The highest BCUT2D eigenvalue weighted by Crippen LogP contribution is 2.49.